The zero-order valence-electron chi connectivity index (χ0n) is 7.19. The van der Waals surface area contributed by atoms with Gasteiger partial charge in [0.05, 0.1) is 11.6 Å². The zero-order chi connectivity index (χ0) is 8.65. The molecule has 0 spiro atoms. The predicted octanol–water partition coefficient (Wildman–Crippen LogP) is 2.21. The van der Waals surface area contributed by atoms with Crippen LogP contribution in [0.1, 0.15) is 6.92 Å². The summed E-state index contributed by atoms with van der Waals surface area (Å²) < 4.78 is 5.21. The molecule has 0 radical (unpaired) electrons. The van der Waals surface area contributed by atoms with Crippen molar-refractivity contribution in [1.82, 2.24) is 4.98 Å². The average molecular weight is 183 g/mol. The van der Waals surface area contributed by atoms with Crippen LogP contribution in [-0.2, 0) is 4.74 Å². The van der Waals surface area contributed by atoms with Gasteiger partial charge in [0.25, 0.3) is 0 Å². The first-order valence-corrected chi connectivity index (χ1v) is 5.03. The van der Waals surface area contributed by atoms with E-state index in [0.717, 1.165) is 24.0 Å². The molecule has 0 saturated heterocycles. The number of rotatable bonds is 5. The highest BCUT2D eigenvalue weighted by Gasteiger charge is 1.92. The molecular weight excluding hydrogens is 170 g/mol. The molecule has 1 aromatic rings. The second kappa shape index (κ2) is 6.03. The zero-order valence-corrected chi connectivity index (χ0v) is 8.01. The van der Waals surface area contributed by atoms with E-state index in [1.54, 1.807) is 11.8 Å². The quantitative estimate of drug-likeness (QED) is 0.516. The van der Waals surface area contributed by atoms with Gasteiger partial charge >= 0.3 is 0 Å². The number of hydrogen-bond acceptors (Lipinski definition) is 3. The van der Waals surface area contributed by atoms with Crippen LogP contribution in [0.2, 0.25) is 0 Å². The Hall–Kier alpha value is -0.540. The minimum atomic E-state index is 0.794. The van der Waals surface area contributed by atoms with E-state index >= 15 is 0 Å². The molecule has 0 aliphatic carbocycles. The topological polar surface area (TPSA) is 22.1 Å². The second-order valence-electron chi connectivity index (χ2n) is 2.21. The first kappa shape index (κ1) is 9.55. The number of pyridine rings is 1. The van der Waals surface area contributed by atoms with Crippen LogP contribution < -0.4 is 0 Å². The SMILES string of the molecule is CCOCCSc1ccccn1. The lowest BCUT2D eigenvalue weighted by Crippen LogP contribution is -1.95. The maximum Gasteiger partial charge on any atom is 0.0960 e. The van der Waals surface area contributed by atoms with Gasteiger partial charge in [0.15, 0.2) is 0 Å². The van der Waals surface area contributed by atoms with Gasteiger partial charge in [-0.2, -0.15) is 0 Å². The summed E-state index contributed by atoms with van der Waals surface area (Å²) in [6, 6.07) is 5.93. The minimum Gasteiger partial charge on any atom is -0.381 e. The Morgan fingerprint density at radius 2 is 2.42 bits per heavy atom. The molecular formula is C9H13NOS. The van der Waals surface area contributed by atoms with Gasteiger partial charge < -0.3 is 4.74 Å². The van der Waals surface area contributed by atoms with Crippen LogP contribution in [-0.4, -0.2) is 24.0 Å². The monoisotopic (exact) mass is 183 g/mol. The Balaban J connectivity index is 2.16. The minimum absolute atomic E-state index is 0.794. The molecule has 0 aliphatic heterocycles. The smallest absolute Gasteiger partial charge is 0.0960 e. The van der Waals surface area contributed by atoms with Crippen molar-refractivity contribution in [1.29, 1.82) is 0 Å². The van der Waals surface area contributed by atoms with Crippen LogP contribution in [0.4, 0.5) is 0 Å². The van der Waals surface area contributed by atoms with Gasteiger partial charge in [-0.15, -0.1) is 11.8 Å². The number of nitrogens with zero attached hydrogens (tertiary/aromatic N) is 1. The van der Waals surface area contributed by atoms with E-state index < -0.39 is 0 Å². The highest BCUT2D eigenvalue weighted by molar-refractivity contribution is 7.99. The molecule has 66 valence electrons. The van der Waals surface area contributed by atoms with Crippen LogP contribution in [0.5, 0.6) is 0 Å². The van der Waals surface area contributed by atoms with Gasteiger partial charge in [0.1, 0.15) is 0 Å². The number of aromatic nitrogens is 1. The fraction of sp³-hybridized carbons (Fsp3) is 0.444. The lowest BCUT2D eigenvalue weighted by molar-refractivity contribution is 0.164. The molecule has 12 heavy (non-hydrogen) atoms. The van der Waals surface area contributed by atoms with Crippen molar-refractivity contribution < 1.29 is 4.74 Å². The van der Waals surface area contributed by atoms with Crippen molar-refractivity contribution in [2.75, 3.05) is 19.0 Å². The fourth-order valence-electron chi connectivity index (χ4n) is 0.782. The Kier molecular flexibility index (Phi) is 4.80. The van der Waals surface area contributed by atoms with E-state index in [1.165, 1.54) is 0 Å². The third-order valence-electron chi connectivity index (χ3n) is 1.32. The average Bonchev–Trinajstić information content (AvgIpc) is 2.14. The molecule has 0 fully saturated rings. The van der Waals surface area contributed by atoms with E-state index in [1.807, 2.05) is 31.3 Å². The summed E-state index contributed by atoms with van der Waals surface area (Å²) in [5.74, 6) is 0.977. The van der Waals surface area contributed by atoms with Gasteiger partial charge in [-0.25, -0.2) is 4.98 Å². The van der Waals surface area contributed by atoms with Crippen molar-refractivity contribution >= 4 is 11.8 Å². The van der Waals surface area contributed by atoms with Crippen LogP contribution in [0.15, 0.2) is 29.4 Å². The third-order valence-corrected chi connectivity index (χ3v) is 2.23. The summed E-state index contributed by atoms with van der Waals surface area (Å²) in [5, 5.41) is 1.07. The van der Waals surface area contributed by atoms with Gasteiger partial charge in [-0.1, -0.05) is 6.07 Å². The van der Waals surface area contributed by atoms with E-state index in [2.05, 4.69) is 4.98 Å². The summed E-state index contributed by atoms with van der Waals surface area (Å²) >= 11 is 1.72. The molecule has 0 N–H and O–H groups in total. The first-order chi connectivity index (χ1) is 5.93. The standard InChI is InChI=1S/C9H13NOS/c1-2-11-7-8-12-9-5-3-4-6-10-9/h3-6H,2,7-8H2,1H3. The Bertz CT molecular complexity index is 203. The summed E-state index contributed by atoms with van der Waals surface area (Å²) in [7, 11) is 0. The molecule has 1 aromatic heterocycles. The predicted molar refractivity (Wildman–Crippen MR) is 51.5 cm³/mol. The lowest BCUT2D eigenvalue weighted by Gasteiger charge is -1.99. The van der Waals surface area contributed by atoms with Crippen molar-refractivity contribution in [2.24, 2.45) is 0 Å². The maximum absolute atomic E-state index is 5.21. The molecule has 1 heterocycles. The van der Waals surface area contributed by atoms with Gasteiger partial charge in [-0.3, -0.25) is 0 Å². The van der Waals surface area contributed by atoms with Gasteiger partial charge in [0.2, 0.25) is 0 Å². The molecule has 0 atom stereocenters. The van der Waals surface area contributed by atoms with E-state index in [4.69, 9.17) is 4.74 Å². The molecule has 2 nitrogen and oxygen atoms in total. The number of ether oxygens (including phenoxy) is 1. The molecule has 0 amide bonds. The Morgan fingerprint density at radius 3 is 3.08 bits per heavy atom. The molecule has 1 rings (SSSR count). The van der Waals surface area contributed by atoms with Crippen LogP contribution in [0.25, 0.3) is 0 Å². The van der Waals surface area contributed by atoms with Crippen molar-refractivity contribution in [2.45, 2.75) is 11.9 Å². The molecule has 0 bridgehead atoms. The van der Waals surface area contributed by atoms with Crippen molar-refractivity contribution in [3.63, 3.8) is 0 Å². The lowest BCUT2D eigenvalue weighted by atomic mass is 10.5. The summed E-state index contributed by atoms with van der Waals surface area (Å²) in [4.78, 5) is 4.18. The van der Waals surface area contributed by atoms with Gasteiger partial charge in [0, 0.05) is 18.6 Å². The van der Waals surface area contributed by atoms with Crippen LogP contribution in [0.3, 0.4) is 0 Å². The van der Waals surface area contributed by atoms with Crippen molar-refractivity contribution in [3.8, 4) is 0 Å². The Labute approximate surface area is 77.3 Å². The van der Waals surface area contributed by atoms with Crippen molar-refractivity contribution in [3.05, 3.63) is 24.4 Å². The number of hydrogen-bond donors (Lipinski definition) is 0. The molecule has 0 saturated carbocycles. The van der Waals surface area contributed by atoms with Gasteiger partial charge in [-0.05, 0) is 19.1 Å². The second-order valence-corrected chi connectivity index (χ2v) is 3.33. The molecule has 0 aromatic carbocycles. The highest BCUT2D eigenvalue weighted by atomic mass is 32.2. The summed E-state index contributed by atoms with van der Waals surface area (Å²) in [5.41, 5.74) is 0. The fourth-order valence-corrected chi connectivity index (χ4v) is 1.50. The normalized spacial score (nSPS) is 10.1. The van der Waals surface area contributed by atoms with E-state index in [0.29, 0.717) is 0 Å². The maximum atomic E-state index is 5.21. The summed E-state index contributed by atoms with van der Waals surface area (Å²) in [6.07, 6.45) is 1.81. The summed E-state index contributed by atoms with van der Waals surface area (Å²) in [6.45, 7) is 3.60. The van der Waals surface area contributed by atoms with Crippen LogP contribution >= 0.6 is 11.8 Å². The molecule has 0 aliphatic rings. The number of thioether (sulfide) groups is 1. The largest absolute Gasteiger partial charge is 0.381 e. The van der Waals surface area contributed by atoms with E-state index in [-0.39, 0.29) is 0 Å². The van der Waals surface area contributed by atoms with E-state index in [9.17, 15) is 0 Å². The molecule has 3 heteroatoms. The third kappa shape index (κ3) is 3.74. The molecule has 0 unspecified atom stereocenters. The first-order valence-electron chi connectivity index (χ1n) is 4.05. The Morgan fingerprint density at radius 1 is 1.50 bits per heavy atom. The highest BCUT2D eigenvalue weighted by Crippen LogP contribution is 2.12. The van der Waals surface area contributed by atoms with Crippen LogP contribution in [0, 0.1) is 0 Å².